The number of anilines is 1. The summed E-state index contributed by atoms with van der Waals surface area (Å²) in [5.74, 6) is 0.351. The van der Waals surface area contributed by atoms with Gasteiger partial charge in [0.2, 0.25) is 10.9 Å². The standard InChI is InChI=1S/C21H20FN7O2S/c1-12(2)18-25-19(31-27-18)28-8-5-14(6-9-28)13(3)30-21-26-29-11-16(24-20(29)32-21)15-4-7-23-17(22)10-15/h4-8,10-13H,9H2,1-3H3/t13-/m0/s1. The summed E-state index contributed by atoms with van der Waals surface area (Å²) in [7, 11) is 0. The van der Waals surface area contributed by atoms with Crippen LogP contribution in [0.4, 0.5) is 10.4 Å². The first-order valence-corrected chi connectivity index (χ1v) is 10.9. The van der Waals surface area contributed by atoms with Crippen molar-refractivity contribution in [1.29, 1.82) is 0 Å². The van der Waals surface area contributed by atoms with Crippen LogP contribution in [0.3, 0.4) is 0 Å². The number of hydrogen-bond acceptors (Lipinski definition) is 9. The van der Waals surface area contributed by atoms with E-state index in [1.54, 1.807) is 16.8 Å². The van der Waals surface area contributed by atoms with Crippen molar-refractivity contribution in [2.24, 2.45) is 0 Å². The van der Waals surface area contributed by atoms with Crippen molar-refractivity contribution in [3.63, 3.8) is 0 Å². The van der Waals surface area contributed by atoms with Gasteiger partial charge in [0.1, 0.15) is 6.10 Å². The summed E-state index contributed by atoms with van der Waals surface area (Å²) in [6.07, 6.45) is 8.87. The van der Waals surface area contributed by atoms with E-state index in [9.17, 15) is 4.39 Å². The van der Waals surface area contributed by atoms with Crippen molar-refractivity contribution in [2.75, 3.05) is 11.4 Å². The lowest BCUT2D eigenvalue weighted by molar-refractivity contribution is 0.256. The molecule has 0 fully saturated rings. The topological polar surface area (TPSA) is 94.5 Å². The Hall–Kier alpha value is -3.60. The highest BCUT2D eigenvalue weighted by Gasteiger charge is 2.20. The van der Waals surface area contributed by atoms with Crippen LogP contribution in [0, 0.1) is 5.95 Å². The molecule has 0 unspecified atom stereocenters. The molecule has 5 heterocycles. The van der Waals surface area contributed by atoms with E-state index < -0.39 is 5.95 Å². The Bertz CT molecular complexity index is 1290. The van der Waals surface area contributed by atoms with Crippen LogP contribution in [0.5, 0.6) is 5.19 Å². The number of halogens is 1. The van der Waals surface area contributed by atoms with E-state index in [0.29, 0.717) is 39.8 Å². The van der Waals surface area contributed by atoms with Crippen LogP contribution in [-0.2, 0) is 0 Å². The van der Waals surface area contributed by atoms with E-state index in [1.165, 1.54) is 23.6 Å². The lowest BCUT2D eigenvalue weighted by atomic mass is 10.1. The number of imidazole rings is 1. The van der Waals surface area contributed by atoms with Crippen molar-refractivity contribution in [3.8, 4) is 16.5 Å². The molecule has 0 spiro atoms. The minimum atomic E-state index is -0.545. The first-order chi connectivity index (χ1) is 15.5. The molecule has 0 aliphatic carbocycles. The van der Waals surface area contributed by atoms with Crippen molar-refractivity contribution >= 4 is 22.3 Å². The van der Waals surface area contributed by atoms with E-state index >= 15 is 0 Å². The number of ether oxygens (including phenoxy) is 1. The van der Waals surface area contributed by atoms with Crippen LogP contribution < -0.4 is 9.64 Å². The van der Waals surface area contributed by atoms with Crippen LogP contribution in [-0.4, -0.2) is 42.4 Å². The Labute approximate surface area is 186 Å². The SMILES string of the molecule is CC(C)c1noc(N2C=CC([C@H](C)Oc3nn4cc(-c5ccnc(F)c5)nc4s3)=CC2)n1. The van der Waals surface area contributed by atoms with Crippen molar-refractivity contribution in [3.05, 3.63) is 60.2 Å². The molecule has 1 aliphatic heterocycles. The quantitative estimate of drug-likeness (QED) is 0.401. The Morgan fingerprint density at radius 3 is 2.81 bits per heavy atom. The minimum Gasteiger partial charge on any atom is -0.461 e. The van der Waals surface area contributed by atoms with Gasteiger partial charge in [0.25, 0.3) is 5.19 Å². The maximum Gasteiger partial charge on any atom is 0.328 e. The molecule has 0 N–H and O–H groups in total. The predicted octanol–water partition coefficient (Wildman–Crippen LogP) is 4.23. The maximum absolute atomic E-state index is 13.4. The highest BCUT2D eigenvalue weighted by Crippen LogP contribution is 2.28. The fourth-order valence-corrected chi connectivity index (χ4v) is 3.99. The lowest BCUT2D eigenvalue weighted by Crippen LogP contribution is -2.23. The average Bonchev–Trinajstić information content (AvgIpc) is 3.49. The van der Waals surface area contributed by atoms with Crippen LogP contribution in [0.2, 0.25) is 0 Å². The molecule has 11 heteroatoms. The summed E-state index contributed by atoms with van der Waals surface area (Å²) in [6.45, 7) is 6.61. The molecule has 4 aromatic heterocycles. The summed E-state index contributed by atoms with van der Waals surface area (Å²) in [5, 5.41) is 8.95. The Morgan fingerprint density at radius 2 is 2.12 bits per heavy atom. The third kappa shape index (κ3) is 3.98. The van der Waals surface area contributed by atoms with Crippen LogP contribution >= 0.6 is 11.3 Å². The Balaban J connectivity index is 1.25. The molecule has 0 radical (unpaired) electrons. The molecule has 32 heavy (non-hydrogen) atoms. The van der Waals surface area contributed by atoms with Crippen molar-refractivity contribution in [1.82, 2.24) is 29.7 Å². The minimum absolute atomic E-state index is 0.202. The molecule has 1 aliphatic rings. The van der Waals surface area contributed by atoms with Gasteiger partial charge in [-0.3, -0.25) is 4.90 Å². The normalized spacial score (nSPS) is 14.9. The van der Waals surface area contributed by atoms with Gasteiger partial charge in [-0.15, -0.1) is 5.10 Å². The monoisotopic (exact) mass is 453 g/mol. The van der Waals surface area contributed by atoms with E-state index in [1.807, 2.05) is 37.9 Å². The van der Waals surface area contributed by atoms with Crippen LogP contribution in [0.15, 0.2) is 53.0 Å². The van der Waals surface area contributed by atoms with Crippen LogP contribution in [0.25, 0.3) is 16.2 Å². The van der Waals surface area contributed by atoms with Gasteiger partial charge in [0.05, 0.1) is 11.9 Å². The lowest BCUT2D eigenvalue weighted by Gasteiger charge is -2.21. The molecule has 0 aromatic carbocycles. The van der Waals surface area contributed by atoms with E-state index in [0.717, 1.165) is 5.57 Å². The van der Waals surface area contributed by atoms with Gasteiger partial charge >= 0.3 is 6.01 Å². The third-order valence-electron chi connectivity index (χ3n) is 4.96. The van der Waals surface area contributed by atoms with Gasteiger partial charge in [-0.1, -0.05) is 25.1 Å². The van der Waals surface area contributed by atoms with E-state index in [-0.39, 0.29) is 12.0 Å². The first-order valence-electron chi connectivity index (χ1n) is 10.1. The first kappa shape index (κ1) is 20.3. The smallest absolute Gasteiger partial charge is 0.328 e. The molecule has 9 nitrogen and oxygen atoms in total. The second-order valence-electron chi connectivity index (χ2n) is 7.61. The summed E-state index contributed by atoms with van der Waals surface area (Å²) in [4.78, 5) is 15.0. The second kappa shape index (κ2) is 8.15. The highest BCUT2D eigenvalue weighted by molar-refractivity contribution is 7.18. The van der Waals surface area contributed by atoms with Gasteiger partial charge in [-0.05, 0) is 36.0 Å². The van der Waals surface area contributed by atoms with E-state index in [2.05, 4.69) is 31.3 Å². The molecule has 0 saturated carbocycles. The van der Waals surface area contributed by atoms with E-state index in [4.69, 9.17) is 9.26 Å². The molecular formula is C21H20FN7O2S. The van der Waals surface area contributed by atoms with Gasteiger partial charge in [0.15, 0.2) is 5.82 Å². The third-order valence-corrected chi connectivity index (χ3v) is 5.77. The maximum atomic E-state index is 13.4. The molecule has 0 bridgehead atoms. The Kier molecular flexibility index (Phi) is 5.17. The van der Waals surface area contributed by atoms with Gasteiger partial charge in [0, 0.05) is 36.5 Å². The molecule has 0 amide bonds. The van der Waals surface area contributed by atoms with Gasteiger partial charge < -0.3 is 9.26 Å². The number of hydrogen-bond donors (Lipinski definition) is 0. The molecule has 0 saturated heterocycles. The zero-order valence-corrected chi connectivity index (χ0v) is 18.5. The van der Waals surface area contributed by atoms with Gasteiger partial charge in [-0.25, -0.2) is 14.5 Å². The summed E-state index contributed by atoms with van der Waals surface area (Å²) < 4.78 is 26.4. The zero-order valence-electron chi connectivity index (χ0n) is 17.6. The molecular weight excluding hydrogens is 433 g/mol. The summed E-state index contributed by atoms with van der Waals surface area (Å²) in [5.41, 5.74) is 2.30. The number of pyridine rings is 1. The molecule has 4 aromatic rings. The highest BCUT2D eigenvalue weighted by atomic mass is 32.1. The summed E-state index contributed by atoms with van der Waals surface area (Å²) >= 11 is 1.33. The van der Waals surface area contributed by atoms with Gasteiger partial charge in [-0.2, -0.15) is 9.37 Å². The number of fused-ring (bicyclic) bond motifs is 1. The molecule has 164 valence electrons. The number of nitrogens with zero attached hydrogens (tertiary/aromatic N) is 7. The molecule has 1 atom stereocenters. The molecule has 5 rings (SSSR count). The van der Waals surface area contributed by atoms with Crippen molar-refractivity contribution in [2.45, 2.75) is 32.8 Å². The predicted molar refractivity (Wildman–Crippen MR) is 117 cm³/mol. The largest absolute Gasteiger partial charge is 0.461 e. The average molecular weight is 454 g/mol. The fourth-order valence-electron chi connectivity index (χ4n) is 3.18. The Morgan fingerprint density at radius 1 is 1.25 bits per heavy atom. The van der Waals surface area contributed by atoms with Crippen LogP contribution in [0.1, 0.15) is 32.5 Å². The zero-order chi connectivity index (χ0) is 22.2. The fraction of sp³-hybridized carbons (Fsp3) is 0.286. The number of rotatable bonds is 6. The van der Waals surface area contributed by atoms with Crippen molar-refractivity contribution < 1.29 is 13.7 Å². The number of aromatic nitrogens is 6. The second-order valence-corrected chi connectivity index (χ2v) is 8.53. The summed E-state index contributed by atoms with van der Waals surface area (Å²) in [6, 6.07) is 3.52.